The number of benzene rings is 2. The fourth-order valence-electron chi connectivity index (χ4n) is 2.03. The van der Waals surface area contributed by atoms with Crippen LogP contribution >= 0.6 is 23.2 Å². The van der Waals surface area contributed by atoms with Gasteiger partial charge in [-0.15, -0.1) is 0 Å². The number of aliphatic hydroxyl groups excluding tert-OH is 1. The molecular weight excluding hydrogens is 297 g/mol. The van der Waals surface area contributed by atoms with Crippen LogP contribution < -0.4 is 10.5 Å². The van der Waals surface area contributed by atoms with Gasteiger partial charge in [-0.25, -0.2) is 0 Å². The first-order valence-corrected chi connectivity index (χ1v) is 6.83. The highest BCUT2D eigenvalue weighted by atomic mass is 35.5. The quantitative estimate of drug-likeness (QED) is 0.843. The van der Waals surface area contributed by atoms with Gasteiger partial charge in [-0.3, -0.25) is 0 Å². The molecule has 0 fully saturated rings. The van der Waals surface area contributed by atoms with Gasteiger partial charge in [-0.05, 0) is 23.8 Å². The number of ether oxygens (including phenoxy) is 1. The number of nitrogen functional groups attached to an aromatic ring is 1. The second-order valence-electron chi connectivity index (χ2n) is 4.43. The van der Waals surface area contributed by atoms with Gasteiger partial charge in [-0.2, -0.15) is 0 Å². The summed E-state index contributed by atoms with van der Waals surface area (Å²) < 4.78 is 5.15. The maximum Gasteiger partial charge on any atom is 0.142 e. The molecule has 0 radical (unpaired) electrons. The smallest absolute Gasteiger partial charge is 0.142 e. The molecule has 0 saturated heterocycles. The van der Waals surface area contributed by atoms with Gasteiger partial charge in [0.2, 0.25) is 0 Å². The Labute approximate surface area is 127 Å². The van der Waals surface area contributed by atoms with E-state index in [1.54, 1.807) is 37.4 Å². The van der Waals surface area contributed by atoms with Crippen molar-refractivity contribution < 1.29 is 9.84 Å². The minimum absolute atomic E-state index is 0.397. The monoisotopic (exact) mass is 311 g/mol. The van der Waals surface area contributed by atoms with Gasteiger partial charge >= 0.3 is 0 Å². The molecule has 0 aliphatic carbocycles. The Morgan fingerprint density at radius 1 is 1.20 bits per heavy atom. The first-order valence-electron chi connectivity index (χ1n) is 6.07. The fraction of sp³-hybridized carbons (Fsp3) is 0.200. The minimum Gasteiger partial charge on any atom is -0.495 e. The number of rotatable bonds is 4. The highest BCUT2D eigenvalue weighted by Crippen LogP contribution is 2.32. The molecule has 0 bridgehead atoms. The molecule has 5 heteroatoms. The van der Waals surface area contributed by atoms with Gasteiger partial charge in [-0.1, -0.05) is 41.4 Å². The van der Waals surface area contributed by atoms with Crippen LogP contribution in [0.5, 0.6) is 5.75 Å². The van der Waals surface area contributed by atoms with E-state index in [9.17, 15) is 5.11 Å². The standard InChI is InChI=1S/C15H15Cl2NO2/c1-20-14-4-2-3-10(15(14)18)13(19)8-9-5-6-11(16)12(17)7-9/h2-7,13,19H,8,18H2,1H3. The lowest BCUT2D eigenvalue weighted by Gasteiger charge is -2.16. The number of hydrogen-bond acceptors (Lipinski definition) is 3. The molecule has 0 aliphatic heterocycles. The number of aliphatic hydroxyl groups is 1. The summed E-state index contributed by atoms with van der Waals surface area (Å²) in [6.07, 6.45) is -0.337. The summed E-state index contributed by atoms with van der Waals surface area (Å²) in [6, 6.07) is 10.6. The topological polar surface area (TPSA) is 55.5 Å². The van der Waals surface area contributed by atoms with Crippen molar-refractivity contribution in [2.75, 3.05) is 12.8 Å². The fourth-order valence-corrected chi connectivity index (χ4v) is 2.35. The van der Waals surface area contributed by atoms with Crippen molar-refractivity contribution in [1.82, 2.24) is 0 Å². The second-order valence-corrected chi connectivity index (χ2v) is 5.25. The molecule has 106 valence electrons. The van der Waals surface area contributed by atoms with Crippen molar-refractivity contribution in [3.05, 3.63) is 57.6 Å². The van der Waals surface area contributed by atoms with Crippen LogP contribution in [-0.4, -0.2) is 12.2 Å². The molecule has 0 amide bonds. The maximum absolute atomic E-state index is 10.3. The predicted molar refractivity (Wildman–Crippen MR) is 82.5 cm³/mol. The van der Waals surface area contributed by atoms with Gasteiger partial charge < -0.3 is 15.6 Å². The third-order valence-corrected chi connectivity index (χ3v) is 3.83. The van der Waals surface area contributed by atoms with Crippen LogP contribution in [0.25, 0.3) is 0 Å². The number of halogens is 2. The van der Waals surface area contributed by atoms with Gasteiger partial charge in [0.15, 0.2) is 0 Å². The molecule has 0 heterocycles. The number of nitrogens with two attached hydrogens (primary N) is 1. The van der Waals surface area contributed by atoms with Crippen molar-refractivity contribution in [1.29, 1.82) is 0 Å². The first kappa shape index (κ1) is 15.0. The molecule has 1 atom stereocenters. The van der Waals surface area contributed by atoms with E-state index < -0.39 is 6.10 Å². The molecule has 1 unspecified atom stereocenters. The Kier molecular flexibility index (Phi) is 4.76. The van der Waals surface area contributed by atoms with Crippen molar-refractivity contribution in [3.63, 3.8) is 0 Å². The largest absolute Gasteiger partial charge is 0.495 e. The van der Waals surface area contributed by atoms with E-state index in [1.807, 2.05) is 6.07 Å². The Morgan fingerprint density at radius 2 is 1.95 bits per heavy atom. The van der Waals surface area contributed by atoms with E-state index >= 15 is 0 Å². The van der Waals surface area contributed by atoms with E-state index in [0.29, 0.717) is 33.5 Å². The molecule has 0 saturated carbocycles. The Morgan fingerprint density at radius 3 is 2.60 bits per heavy atom. The van der Waals surface area contributed by atoms with E-state index in [1.165, 1.54) is 0 Å². The van der Waals surface area contributed by atoms with E-state index in [0.717, 1.165) is 5.56 Å². The lowest BCUT2D eigenvalue weighted by molar-refractivity contribution is 0.179. The predicted octanol–water partition coefficient (Wildman–Crippen LogP) is 3.86. The molecule has 3 N–H and O–H groups in total. The zero-order chi connectivity index (χ0) is 14.7. The van der Waals surface area contributed by atoms with Gasteiger partial charge in [0, 0.05) is 12.0 Å². The maximum atomic E-state index is 10.3. The third kappa shape index (κ3) is 3.18. The molecule has 0 aliphatic rings. The Balaban J connectivity index is 2.23. The highest BCUT2D eigenvalue weighted by Gasteiger charge is 2.15. The summed E-state index contributed by atoms with van der Waals surface area (Å²) >= 11 is 11.8. The normalized spacial score (nSPS) is 12.2. The summed E-state index contributed by atoms with van der Waals surface area (Å²) in [7, 11) is 1.54. The Bertz CT molecular complexity index is 617. The van der Waals surface area contributed by atoms with Crippen LogP contribution in [-0.2, 0) is 6.42 Å². The van der Waals surface area contributed by atoms with Crippen molar-refractivity contribution in [2.45, 2.75) is 12.5 Å². The van der Waals surface area contributed by atoms with Crippen molar-refractivity contribution >= 4 is 28.9 Å². The number of anilines is 1. The summed E-state index contributed by atoms with van der Waals surface area (Å²) in [6.45, 7) is 0. The third-order valence-electron chi connectivity index (χ3n) is 3.09. The molecule has 3 nitrogen and oxygen atoms in total. The van der Waals surface area contributed by atoms with Crippen LogP contribution in [0.1, 0.15) is 17.2 Å². The average Bonchev–Trinajstić information content (AvgIpc) is 2.43. The number of methoxy groups -OCH3 is 1. The zero-order valence-electron chi connectivity index (χ0n) is 10.9. The molecule has 2 aromatic rings. The lowest BCUT2D eigenvalue weighted by Crippen LogP contribution is -2.06. The second kappa shape index (κ2) is 6.35. The lowest BCUT2D eigenvalue weighted by atomic mass is 9.99. The molecule has 20 heavy (non-hydrogen) atoms. The van der Waals surface area contributed by atoms with Crippen LogP contribution in [0.2, 0.25) is 10.0 Å². The molecule has 2 aromatic carbocycles. The van der Waals surface area contributed by atoms with Crippen molar-refractivity contribution in [3.8, 4) is 5.75 Å². The van der Waals surface area contributed by atoms with Crippen LogP contribution in [0.3, 0.4) is 0 Å². The summed E-state index contributed by atoms with van der Waals surface area (Å²) in [5, 5.41) is 11.3. The van der Waals surface area contributed by atoms with Crippen molar-refractivity contribution in [2.24, 2.45) is 0 Å². The van der Waals surface area contributed by atoms with E-state index in [2.05, 4.69) is 0 Å². The first-order chi connectivity index (χ1) is 9.52. The molecule has 0 aromatic heterocycles. The molecule has 2 rings (SSSR count). The van der Waals surface area contributed by atoms with Crippen LogP contribution in [0, 0.1) is 0 Å². The van der Waals surface area contributed by atoms with E-state index in [-0.39, 0.29) is 0 Å². The van der Waals surface area contributed by atoms with E-state index in [4.69, 9.17) is 33.7 Å². The average molecular weight is 312 g/mol. The number of para-hydroxylation sites is 1. The van der Waals surface area contributed by atoms with Gasteiger partial charge in [0.25, 0.3) is 0 Å². The van der Waals surface area contributed by atoms with Crippen LogP contribution in [0.4, 0.5) is 5.69 Å². The summed E-state index contributed by atoms with van der Waals surface area (Å²) in [4.78, 5) is 0. The molecular formula is C15H15Cl2NO2. The number of hydrogen-bond donors (Lipinski definition) is 2. The van der Waals surface area contributed by atoms with Gasteiger partial charge in [0.1, 0.15) is 5.75 Å². The van der Waals surface area contributed by atoms with Gasteiger partial charge in [0.05, 0.1) is 28.9 Å². The summed E-state index contributed by atoms with van der Waals surface area (Å²) in [5.41, 5.74) is 7.94. The minimum atomic E-state index is -0.734. The summed E-state index contributed by atoms with van der Waals surface area (Å²) in [5.74, 6) is 0.552. The molecule has 0 spiro atoms. The van der Waals surface area contributed by atoms with Crippen LogP contribution in [0.15, 0.2) is 36.4 Å². The zero-order valence-corrected chi connectivity index (χ0v) is 12.4. The highest BCUT2D eigenvalue weighted by molar-refractivity contribution is 6.42. The SMILES string of the molecule is COc1cccc(C(O)Cc2ccc(Cl)c(Cl)c2)c1N. The Hall–Kier alpha value is -1.42.